The van der Waals surface area contributed by atoms with Crippen LogP contribution in [0.1, 0.15) is 58.6 Å². The Morgan fingerprint density at radius 1 is 0.886 bits per heavy atom. The number of fused-ring (bicyclic) bond motifs is 1. The summed E-state index contributed by atoms with van der Waals surface area (Å²) in [6, 6.07) is 17.5. The largest absolute Gasteiger partial charge is 0.543 e. The molecule has 2 aromatic carbocycles. The summed E-state index contributed by atoms with van der Waals surface area (Å²) in [6.45, 7) is 16.1. The highest BCUT2D eigenvalue weighted by Crippen LogP contribution is 2.52. The maximum atomic E-state index is 13.9. The van der Waals surface area contributed by atoms with E-state index in [4.69, 9.17) is 4.43 Å². The normalized spacial score (nSPS) is 20.5. The second kappa shape index (κ2) is 9.62. The van der Waals surface area contributed by atoms with E-state index in [0.29, 0.717) is 33.1 Å². The number of sulfone groups is 1. The van der Waals surface area contributed by atoms with Crippen molar-refractivity contribution in [3.63, 3.8) is 0 Å². The first kappa shape index (κ1) is 25.8. The molecule has 188 valence electrons. The van der Waals surface area contributed by atoms with E-state index in [2.05, 4.69) is 65.1 Å². The van der Waals surface area contributed by atoms with Crippen LogP contribution in [-0.4, -0.2) is 23.3 Å². The molecule has 0 amide bonds. The molecule has 0 saturated heterocycles. The minimum Gasteiger partial charge on any atom is -0.543 e. The Balaban J connectivity index is 1.89. The lowest BCUT2D eigenvalue weighted by Crippen LogP contribution is -2.47. The quantitative estimate of drug-likeness (QED) is 0.387. The van der Waals surface area contributed by atoms with Crippen molar-refractivity contribution in [2.75, 3.05) is 6.54 Å². The summed E-state index contributed by atoms with van der Waals surface area (Å²) in [6.07, 6.45) is 2.20. The van der Waals surface area contributed by atoms with Crippen LogP contribution in [-0.2, 0) is 14.3 Å². The van der Waals surface area contributed by atoms with E-state index >= 15 is 0 Å². The first-order chi connectivity index (χ1) is 16.5. The highest BCUT2D eigenvalue weighted by atomic mass is 32.2. The van der Waals surface area contributed by atoms with Crippen molar-refractivity contribution >= 4 is 18.2 Å². The van der Waals surface area contributed by atoms with Crippen molar-refractivity contribution in [1.29, 1.82) is 0 Å². The molecule has 35 heavy (non-hydrogen) atoms. The van der Waals surface area contributed by atoms with Gasteiger partial charge in [-0.2, -0.15) is 0 Å². The van der Waals surface area contributed by atoms with Crippen molar-refractivity contribution < 1.29 is 12.8 Å². The van der Waals surface area contributed by atoms with E-state index in [1.54, 1.807) is 12.1 Å². The smallest absolute Gasteiger partial charge is 0.258 e. The lowest BCUT2D eigenvalue weighted by molar-refractivity contribution is 0.380. The van der Waals surface area contributed by atoms with Crippen LogP contribution in [0.3, 0.4) is 0 Å². The molecule has 0 saturated carbocycles. The summed E-state index contributed by atoms with van der Waals surface area (Å²) in [5.74, 6) is 0.890. The van der Waals surface area contributed by atoms with Crippen LogP contribution in [0.5, 0.6) is 0 Å². The lowest BCUT2D eigenvalue weighted by Gasteiger charge is -2.42. The van der Waals surface area contributed by atoms with Gasteiger partial charge < -0.3 is 9.74 Å². The summed E-state index contributed by atoms with van der Waals surface area (Å²) in [5, 5.41) is 3.62. The molecule has 1 aliphatic heterocycles. The fourth-order valence-corrected chi connectivity index (χ4v) is 13.1. The third-order valence-electron chi connectivity index (χ3n) is 7.91. The third kappa shape index (κ3) is 4.40. The van der Waals surface area contributed by atoms with Crippen LogP contribution in [0, 0.1) is 12.8 Å². The molecule has 2 aromatic rings. The average Bonchev–Trinajstić information content (AvgIpc) is 3.39. The Morgan fingerprint density at radius 3 is 2.00 bits per heavy atom. The van der Waals surface area contributed by atoms with Gasteiger partial charge in [0.1, 0.15) is 10.8 Å². The van der Waals surface area contributed by atoms with Gasteiger partial charge in [0.25, 0.3) is 8.32 Å². The van der Waals surface area contributed by atoms with E-state index in [1.807, 2.05) is 37.3 Å². The van der Waals surface area contributed by atoms with Crippen LogP contribution >= 0.6 is 0 Å². The summed E-state index contributed by atoms with van der Waals surface area (Å²) in [5.41, 5.74) is 4.24. The second-order valence-electron chi connectivity index (χ2n) is 10.9. The molecule has 4 rings (SSSR count). The van der Waals surface area contributed by atoms with Gasteiger partial charge in [-0.1, -0.05) is 89.6 Å². The van der Waals surface area contributed by atoms with Crippen molar-refractivity contribution in [1.82, 2.24) is 5.32 Å². The molecule has 0 radical (unpaired) electrons. The van der Waals surface area contributed by atoms with Crippen LogP contribution in [0.2, 0.25) is 16.6 Å². The standard InChI is InChI=1S/C29H39NO3SSi/c1-19(2)35(20(3)4,21(5)6)33-27-17-25(23-11-9-8-10-12-23)26-18-30-29(28(26)27)34(31,32)24-15-13-22(7)14-16-24/h8-17,19-21,25-26,30H,18H2,1-7H3/t25-,26+/m0/s1. The van der Waals surface area contributed by atoms with Gasteiger partial charge >= 0.3 is 0 Å². The summed E-state index contributed by atoms with van der Waals surface area (Å²) >= 11 is 0. The van der Waals surface area contributed by atoms with Crippen molar-refractivity contribution in [2.45, 2.75) is 75.9 Å². The van der Waals surface area contributed by atoms with Gasteiger partial charge in [-0.15, -0.1) is 0 Å². The molecule has 0 aromatic heterocycles. The Morgan fingerprint density at radius 2 is 1.46 bits per heavy atom. The first-order valence-corrected chi connectivity index (χ1v) is 16.4. The van der Waals surface area contributed by atoms with Crippen LogP contribution in [0.15, 0.2) is 81.9 Å². The van der Waals surface area contributed by atoms with Gasteiger partial charge in [-0.05, 0) is 47.3 Å². The van der Waals surface area contributed by atoms with E-state index in [9.17, 15) is 8.42 Å². The number of rotatable bonds is 8. The number of nitrogens with one attached hydrogen (secondary N) is 1. The highest BCUT2D eigenvalue weighted by molar-refractivity contribution is 7.95. The molecule has 2 atom stereocenters. The van der Waals surface area contributed by atoms with Crippen molar-refractivity contribution in [2.24, 2.45) is 5.92 Å². The topological polar surface area (TPSA) is 55.4 Å². The maximum absolute atomic E-state index is 13.9. The number of hydrogen-bond acceptors (Lipinski definition) is 4. The molecular formula is C29H39NO3SSi. The minimum absolute atomic E-state index is 0.0285. The predicted molar refractivity (Wildman–Crippen MR) is 146 cm³/mol. The van der Waals surface area contributed by atoms with Gasteiger partial charge in [0.05, 0.1) is 4.90 Å². The molecule has 0 fully saturated rings. The summed E-state index contributed by atoms with van der Waals surface area (Å²) < 4.78 is 34.9. The Bertz CT molecular complexity index is 1210. The van der Waals surface area contributed by atoms with Crippen LogP contribution in [0.25, 0.3) is 0 Å². The number of aryl methyl sites for hydroxylation is 1. The molecule has 0 spiro atoms. The molecule has 1 aliphatic carbocycles. The molecule has 1 N–H and O–H groups in total. The lowest BCUT2D eigenvalue weighted by atomic mass is 9.88. The predicted octanol–water partition coefficient (Wildman–Crippen LogP) is 7.07. The fraction of sp³-hybridized carbons (Fsp3) is 0.448. The second-order valence-corrected chi connectivity index (χ2v) is 18.2. The molecule has 4 nitrogen and oxygen atoms in total. The van der Waals surface area contributed by atoms with Crippen LogP contribution < -0.4 is 5.32 Å². The molecule has 2 aliphatic rings. The van der Waals surface area contributed by atoms with E-state index in [0.717, 1.165) is 16.9 Å². The zero-order valence-electron chi connectivity index (χ0n) is 22.0. The number of benzene rings is 2. The van der Waals surface area contributed by atoms with E-state index in [-0.39, 0.29) is 11.8 Å². The highest BCUT2D eigenvalue weighted by Gasteiger charge is 2.51. The Kier molecular flexibility index (Phi) is 7.08. The van der Waals surface area contributed by atoms with Crippen molar-refractivity contribution in [3.8, 4) is 0 Å². The van der Waals surface area contributed by atoms with Gasteiger partial charge in [-0.3, -0.25) is 0 Å². The Labute approximate surface area is 212 Å². The fourth-order valence-electron chi connectivity index (χ4n) is 6.25. The zero-order chi connectivity index (χ0) is 25.5. The van der Waals surface area contributed by atoms with Crippen LogP contribution in [0.4, 0.5) is 0 Å². The van der Waals surface area contributed by atoms with Gasteiger partial charge in [0, 0.05) is 24.0 Å². The monoisotopic (exact) mass is 509 g/mol. The van der Waals surface area contributed by atoms with Gasteiger partial charge in [0.2, 0.25) is 9.84 Å². The third-order valence-corrected chi connectivity index (χ3v) is 15.7. The van der Waals surface area contributed by atoms with E-state index < -0.39 is 18.2 Å². The van der Waals surface area contributed by atoms with Gasteiger partial charge in [-0.25, -0.2) is 8.42 Å². The number of hydrogen-bond donors (Lipinski definition) is 1. The number of allylic oxidation sites excluding steroid dienone is 2. The Hall–Kier alpha value is -2.31. The van der Waals surface area contributed by atoms with Crippen molar-refractivity contribution in [3.05, 3.63) is 88.2 Å². The minimum atomic E-state index is -3.70. The first-order valence-electron chi connectivity index (χ1n) is 12.8. The summed E-state index contributed by atoms with van der Waals surface area (Å²) in [7, 11) is -5.98. The van der Waals surface area contributed by atoms with Gasteiger partial charge in [0.15, 0.2) is 0 Å². The molecule has 0 bridgehead atoms. The van der Waals surface area contributed by atoms with E-state index in [1.165, 1.54) is 5.56 Å². The molecule has 1 heterocycles. The molecule has 6 heteroatoms. The average molecular weight is 510 g/mol. The SMILES string of the molecule is Cc1ccc(S(=O)(=O)C2=C3C(O[Si](C(C)C)(C(C)C)C(C)C)=C[C@@H](c4ccccc4)[C@H]3CN2)cc1. The molecular weight excluding hydrogens is 470 g/mol. The maximum Gasteiger partial charge on any atom is 0.258 e. The molecule has 0 unspecified atom stereocenters. The summed E-state index contributed by atoms with van der Waals surface area (Å²) in [4.78, 5) is 0.321. The zero-order valence-corrected chi connectivity index (χ0v) is 23.8.